The number of amides is 1. The lowest BCUT2D eigenvalue weighted by atomic mass is 10.2. The number of anilines is 1. The lowest BCUT2D eigenvalue weighted by molar-refractivity contribution is 0.0998. The highest BCUT2D eigenvalue weighted by molar-refractivity contribution is 6.04. The van der Waals surface area contributed by atoms with Crippen molar-refractivity contribution in [1.82, 2.24) is 9.78 Å². The minimum atomic E-state index is -0.342. The predicted octanol–water partition coefficient (Wildman–Crippen LogP) is 4.58. The average Bonchev–Trinajstić information content (AvgIpc) is 3.27. The molecule has 2 aromatic heterocycles. The van der Waals surface area contributed by atoms with E-state index in [-0.39, 0.29) is 11.7 Å². The van der Waals surface area contributed by atoms with Crippen molar-refractivity contribution in [3.05, 3.63) is 72.1 Å². The summed E-state index contributed by atoms with van der Waals surface area (Å²) < 4.78 is 13.0. The maximum Gasteiger partial charge on any atom is 0.292 e. The van der Waals surface area contributed by atoms with Gasteiger partial charge in [0.2, 0.25) is 0 Å². The highest BCUT2D eigenvalue weighted by atomic mass is 16.5. The van der Waals surface area contributed by atoms with Crippen LogP contribution >= 0.6 is 0 Å². The zero-order chi connectivity index (χ0) is 18.8. The SMILES string of the molecule is CCOc1cccc2cc(C(=O)Nc3cc(C)nn3-c3ccccc3)oc12. The lowest BCUT2D eigenvalue weighted by Gasteiger charge is -2.07. The summed E-state index contributed by atoms with van der Waals surface area (Å²) >= 11 is 0. The molecule has 2 aromatic carbocycles. The Hall–Kier alpha value is -3.54. The van der Waals surface area contributed by atoms with Crippen molar-refractivity contribution < 1.29 is 13.9 Å². The number of rotatable bonds is 5. The first-order valence-electron chi connectivity index (χ1n) is 8.74. The fourth-order valence-electron chi connectivity index (χ4n) is 2.95. The van der Waals surface area contributed by atoms with Crippen LogP contribution in [0.25, 0.3) is 16.7 Å². The number of para-hydroxylation sites is 2. The van der Waals surface area contributed by atoms with E-state index in [0.29, 0.717) is 23.8 Å². The molecule has 27 heavy (non-hydrogen) atoms. The molecule has 0 atom stereocenters. The number of fused-ring (bicyclic) bond motifs is 1. The third-order valence-electron chi connectivity index (χ3n) is 4.11. The predicted molar refractivity (Wildman–Crippen MR) is 104 cm³/mol. The fourth-order valence-corrected chi connectivity index (χ4v) is 2.95. The van der Waals surface area contributed by atoms with Gasteiger partial charge in [-0.2, -0.15) is 5.10 Å². The number of benzene rings is 2. The van der Waals surface area contributed by atoms with Gasteiger partial charge in [-0.05, 0) is 38.1 Å². The van der Waals surface area contributed by atoms with Gasteiger partial charge in [-0.1, -0.05) is 30.3 Å². The Balaban J connectivity index is 1.66. The van der Waals surface area contributed by atoms with E-state index in [1.807, 2.05) is 68.4 Å². The van der Waals surface area contributed by atoms with E-state index in [1.165, 1.54) is 0 Å². The van der Waals surface area contributed by atoms with Crippen molar-refractivity contribution in [3.8, 4) is 11.4 Å². The number of carbonyl (C=O) groups excluding carboxylic acids is 1. The van der Waals surface area contributed by atoms with Crippen molar-refractivity contribution >= 4 is 22.7 Å². The van der Waals surface area contributed by atoms with Crippen LogP contribution in [-0.4, -0.2) is 22.3 Å². The number of nitrogens with zero attached hydrogens (tertiary/aromatic N) is 2. The van der Waals surface area contributed by atoms with Gasteiger partial charge in [-0.3, -0.25) is 4.79 Å². The Morgan fingerprint density at radius 3 is 2.74 bits per heavy atom. The smallest absolute Gasteiger partial charge is 0.292 e. The van der Waals surface area contributed by atoms with Crippen LogP contribution in [0.1, 0.15) is 23.2 Å². The van der Waals surface area contributed by atoms with E-state index in [9.17, 15) is 4.79 Å². The fraction of sp³-hybridized carbons (Fsp3) is 0.143. The third kappa shape index (κ3) is 3.29. The Kier molecular flexibility index (Phi) is 4.38. The highest BCUT2D eigenvalue weighted by Crippen LogP contribution is 2.29. The minimum absolute atomic E-state index is 0.218. The van der Waals surface area contributed by atoms with E-state index in [1.54, 1.807) is 10.7 Å². The molecule has 0 radical (unpaired) electrons. The summed E-state index contributed by atoms with van der Waals surface area (Å²) in [4.78, 5) is 12.8. The minimum Gasteiger partial charge on any atom is -0.490 e. The largest absolute Gasteiger partial charge is 0.490 e. The number of nitrogens with one attached hydrogen (secondary N) is 1. The zero-order valence-corrected chi connectivity index (χ0v) is 15.1. The quantitative estimate of drug-likeness (QED) is 0.565. The molecular weight excluding hydrogens is 342 g/mol. The van der Waals surface area contributed by atoms with Crippen LogP contribution in [0.15, 0.2) is 65.1 Å². The van der Waals surface area contributed by atoms with Crippen LogP contribution in [0, 0.1) is 6.92 Å². The Labute approximate surface area is 156 Å². The summed E-state index contributed by atoms with van der Waals surface area (Å²) in [6.07, 6.45) is 0. The summed E-state index contributed by atoms with van der Waals surface area (Å²) in [6.45, 7) is 4.31. The molecule has 0 aliphatic heterocycles. The summed E-state index contributed by atoms with van der Waals surface area (Å²) in [7, 11) is 0. The number of furan rings is 1. The second-order valence-corrected chi connectivity index (χ2v) is 6.09. The molecule has 0 aliphatic rings. The number of ether oxygens (including phenoxy) is 1. The molecule has 0 spiro atoms. The molecule has 0 unspecified atom stereocenters. The van der Waals surface area contributed by atoms with E-state index in [0.717, 1.165) is 16.8 Å². The standard InChI is InChI=1S/C21H19N3O3/c1-3-26-17-11-7-8-15-13-18(27-20(15)17)21(25)22-19-12-14(2)23-24(19)16-9-5-4-6-10-16/h4-13H,3H2,1-2H3,(H,22,25). The second-order valence-electron chi connectivity index (χ2n) is 6.09. The summed E-state index contributed by atoms with van der Waals surface area (Å²) in [6, 6.07) is 18.7. The number of aryl methyl sites for hydroxylation is 1. The normalized spacial score (nSPS) is 10.9. The van der Waals surface area contributed by atoms with Gasteiger partial charge in [0.25, 0.3) is 5.91 Å². The molecule has 6 nitrogen and oxygen atoms in total. The van der Waals surface area contributed by atoms with Crippen LogP contribution in [0.2, 0.25) is 0 Å². The van der Waals surface area contributed by atoms with Crippen LogP contribution in [-0.2, 0) is 0 Å². The van der Waals surface area contributed by atoms with E-state index < -0.39 is 0 Å². The molecule has 2 heterocycles. The molecule has 136 valence electrons. The van der Waals surface area contributed by atoms with E-state index in [2.05, 4.69) is 10.4 Å². The van der Waals surface area contributed by atoms with Crippen molar-refractivity contribution in [3.63, 3.8) is 0 Å². The van der Waals surface area contributed by atoms with Crippen LogP contribution in [0.5, 0.6) is 5.75 Å². The van der Waals surface area contributed by atoms with Gasteiger partial charge in [0.05, 0.1) is 18.0 Å². The van der Waals surface area contributed by atoms with Gasteiger partial charge in [0.1, 0.15) is 5.82 Å². The van der Waals surface area contributed by atoms with E-state index >= 15 is 0 Å². The second kappa shape index (κ2) is 6.99. The topological polar surface area (TPSA) is 69.3 Å². The van der Waals surface area contributed by atoms with Crippen LogP contribution < -0.4 is 10.1 Å². The number of aromatic nitrogens is 2. The van der Waals surface area contributed by atoms with Gasteiger partial charge < -0.3 is 14.5 Å². The van der Waals surface area contributed by atoms with Gasteiger partial charge in [-0.25, -0.2) is 4.68 Å². The van der Waals surface area contributed by atoms with Crippen LogP contribution in [0.3, 0.4) is 0 Å². The van der Waals surface area contributed by atoms with E-state index in [4.69, 9.17) is 9.15 Å². The lowest BCUT2D eigenvalue weighted by Crippen LogP contribution is -2.14. The molecule has 1 amide bonds. The van der Waals surface area contributed by atoms with Crippen molar-refractivity contribution in [2.75, 3.05) is 11.9 Å². The van der Waals surface area contributed by atoms with Gasteiger partial charge in [0, 0.05) is 11.5 Å². The van der Waals surface area contributed by atoms with Crippen molar-refractivity contribution in [2.45, 2.75) is 13.8 Å². The first-order chi connectivity index (χ1) is 13.2. The number of carbonyl (C=O) groups is 1. The Morgan fingerprint density at radius 2 is 1.96 bits per heavy atom. The summed E-state index contributed by atoms with van der Waals surface area (Å²) in [5, 5.41) is 8.16. The maximum absolute atomic E-state index is 12.8. The summed E-state index contributed by atoms with van der Waals surface area (Å²) in [5.74, 6) is 1.08. The monoisotopic (exact) mass is 361 g/mol. The highest BCUT2D eigenvalue weighted by Gasteiger charge is 2.17. The average molecular weight is 361 g/mol. The maximum atomic E-state index is 12.8. The third-order valence-corrected chi connectivity index (χ3v) is 4.11. The van der Waals surface area contributed by atoms with Gasteiger partial charge in [0.15, 0.2) is 17.1 Å². The van der Waals surface area contributed by atoms with Gasteiger partial charge in [-0.15, -0.1) is 0 Å². The molecule has 0 saturated carbocycles. The Morgan fingerprint density at radius 1 is 1.15 bits per heavy atom. The molecule has 0 fully saturated rings. The van der Waals surface area contributed by atoms with Crippen molar-refractivity contribution in [2.24, 2.45) is 0 Å². The molecule has 4 aromatic rings. The number of hydrogen-bond acceptors (Lipinski definition) is 4. The molecule has 0 aliphatic carbocycles. The molecule has 4 rings (SSSR count). The molecule has 0 bridgehead atoms. The van der Waals surface area contributed by atoms with Gasteiger partial charge >= 0.3 is 0 Å². The Bertz CT molecular complexity index is 1100. The molecule has 6 heteroatoms. The summed E-state index contributed by atoms with van der Waals surface area (Å²) in [5.41, 5.74) is 2.23. The van der Waals surface area contributed by atoms with Crippen LogP contribution in [0.4, 0.5) is 5.82 Å². The first kappa shape index (κ1) is 16.9. The van der Waals surface area contributed by atoms with Crippen molar-refractivity contribution in [1.29, 1.82) is 0 Å². The molecule has 0 saturated heterocycles. The number of hydrogen-bond donors (Lipinski definition) is 1. The zero-order valence-electron chi connectivity index (χ0n) is 15.1. The molecule has 1 N–H and O–H groups in total. The molecular formula is C21H19N3O3. The first-order valence-corrected chi connectivity index (χ1v) is 8.74.